The van der Waals surface area contributed by atoms with Gasteiger partial charge >= 0.3 is 5.97 Å². The number of ether oxygens (including phenoxy) is 1. The van der Waals surface area contributed by atoms with E-state index in [0.29, 0.717) is 23.0 Å². The number of thiazole rings is 1. The van der Waals surface area contributed by atoms with E-state index < -0.39 is 5.97 Å². The van der Waals surface area contributed by atoms with Gasteiger partial charge in [-0.2, -0.15) is 0 Å². The molecule has 0 radical (unpaired) electrons. The molecule has 1 aromatic heterocycles. The number of anilines is 1. The van der Waals surface area contributed by atoms with Crippen molar-refractivity contribution >= 4 is 22.4 Å². The summed E-state index contributed by atoms with van der Waals surface area (Å²) in [6.07, 6.45) is 2.16. The number of carbonyl (C=O) groups excluding carboxylic acids is 1. The van der Waals surface area contributed by atoms with Crippen LogP contribution in [0.4, 0.5) is 9.52 Å². The fourth-order valence-electron chi connectivity index (χ4n) is 1.56. The summed E-state index contributed by atoms with van der Waals surface area (Å²) in [5, 5.41) is 3.74. The fraction of sp³-hybridized carbons (Fsp3) is 0.231. The van der Waals surface area contributed by atoms with Crippen molar-refractivity contribution in [3.63, 3.8) is 0 Å². The van der Waals surface area contributed by atoms with Crippen LogP contribution in [0.15, 0.2) is 30.5 Å². The van der Waals surface area contributed by atoms with Crippen molar-refractivity contribution in [1.29, 1.82) is 0 Å². The summed E-state index contributed by atoms with van der Waals surface area (Å²) >= 11 is 1.23. The van der Waals surface area contributed by atoms with Gasteiger partial charge in [-0.1, -0.05) is 23.5 Å². The molecular weight excluding hydrogens is 267 g/mol. The van der Waals surface area contributed by atoms with Crippen molar-refractivity contribution in [2.75, 3.05) is 19.0 Å². The average molecular weight is 280 g/mol. The number of carbonyl (C=O) groups is 1. The SMILES string of the molecule is COC(=O)c1cnc(NCCc2cccc(F)c2)s1. The van der Waals surface area contributed by atoms with Gasteiger partial charge in [0.15, 0.2) is 5.13 Å². The van der Waals surface area contributed by atoms with Crippen molar-refractivity contribution in [1.82, 2.24) is 4.98 Å². The summed E-state index contributed by atoms with van der Waals surface area (Å²) in [6.45, 7) is 0.623. The summed E-state index contributed by atoms with van der Waals surface area (Å²) in [4.78, 5) is 15.8. The zero-order valence-electron chi connectivity index (χ0n) is 10.4. The lowest BCUT2D eigenvalue weighted by atomic mass is 10.1. The zero-order chi connectivity index (χ0) is 13.7. The number of esters is 1. The molecule has 0 aliphatic carbocycles. The molecule has 6 heteroatoms. The molecule has 0 bridgehead atoms. The first-order valence-corrected chi connectivity index (χ1v) is 6.53. The number of hydrogen-bond donors (Lipinski definition) is 1. The molecule has 4 nitrogen and oxygen atoms in total. The van der Waals surface area contributed by atoms with Gasteiger partial charge in [0.2, 0.25) is 0 Å². The molecule has 2 rings (SSSR count). The van der Waals surface area contributed by atoms with Crippen LogP contribution in [0, 0.1) is 5.82 Å². The summed E-state index contributed by atoms with van der Waals surface area (Å²) in [7, 11) is 1.33. The van der Waals surface area contributed by atoms with E-state index in [1.807, 2.05) is 6.07 Å². The van der Waals surface area contributed by atoms with Crippen LogP contribution in [-0.2, 0) is 11.2 Å². The van der Waals surface area contributed by atoms with Crippen LogP contribution in [0.5, 0.6) is 0 Å². The Labute approximate surface area is 114 Å². The maximum absolute atomic E-state index is 13.0. The summed E-state index contributed by atoms with van der Waals surface area (Å²) in [5.74, 6) is -0.629. The quantitative estimate of drug-likeness (QED) is 0.856. The predicted octanol–water partition coefficient (Wildman–Crippen LogP) is 2.72. The largest absolute Gasteiger partial charge is 0.465 e. The lowest BCUT2D eigenvalue weighted by Crippen LogP contribution is -2.04. The second kappa shape index (κ2) is 6.29. The van der Waals surface area contributed by atoms with Crippen LogP contribution in [0.25, 0.3) is 0 Å². The predicted molar refractivity (Wildman–Crippen MR) is 72.0 cm³/mol. The van der Waals surface area contributed by atoms with E-state index in [9.17, 15) is 9.18 Å². The Kier molecular flexibility index (Phi) is 4.46. The number of nitrogens with zero attached hydrogens (tertiary/aromatic N) is 1. The minimum atomic E-state index is -0.393. The molecule has 1 heterocycles. The summed E-state index contributed by atoms with van der Waals surface area (Å²) < 4.78 is 17.6. The third-order valence-corrected chi connectivity index (χ3v) is 3.41. The molecule has 0 saturated heterocycles. The molecule has 1 N–H and O–H groups in total. The molecule has 0 spiro atoms. The molecule has 0 saturated carbocycles. The third kappa shape index (κ3) is 3.75. The van der Waals surface area contributed by atoms with Crippen molar-refractivity contribution in [3.05, 3.63) is 46.7 Å². The second-order valence-electron chi connectivity index (χ2n) is 3.83. The summed E-state index contributed by atoms with van der Waals surface area (Å²) in [6, 6.07) is 6.47. The number of hydrogen-bond acceptors (Lipinski definition) is 5. The maximum atomic E-state index is 13.0. The smallest absolute Gasteiger partial charge is 0.349 e. The van der Waals surface area contributed by atoms with E-state index in [1.54, 1.807) is 6.07 Å². The lowest BCUT2D eigenvalue weighted by molar-refractivity contribution is 0.0606. The molecular formula is C13H13FN2O2S. The maximum Gasteiger partial charge on any atom is 0.349 e. The normalized spacial score (nSPS) is 10.2. The molecule has 0 amide bonds. The van der Waals surface area contributed by atoms with E-state index in [4.69, 9.17) is 0 Å². The van der Waals surface area contributed by atoms with Crippen molar-refractivity contribution in [2.45, 2.75) is 6.42 Å². The molecule has 0 atom stereocenters. The Bertz CT molecular complexity index is 571. The minimum absolute atomic E-state index is 0.236. The summed E-state index contributed by atoms with van der Waals surface area (Å²) in [5.41, 5.74) is 0.914. The van der Waals surface area contributed by atoms with Gasteiger partial charge in [-0.05, 0) is 24.1 Å². The average Bonchev–Trinajstić information content (AvgIpc) is 2.87. The van der Waals surface area contributed by atoms with Gasteiger partial charge in [-0.3, -0.25) is 0 Å². The molecule has 100 valence electrons. The molecule has 0 aliphatic heterocycles. The number of benzene rings is 1. The second-order valence-corrected chi connectivity index (χ2v) is 4.86. The van der Waals surface area contributed by atoms with Crippen LogP contribution in [-0.4, -0.2) is 24.6 Å². The van der Waals surface area contributed by atoms with Gasteiger partial charge in [-0.25, -0.2) is 14.2 Å². The van der Waals surface area contributed by atoms with E-state index in [-0.39, 0.29) is 5.82 Å². The highest BCUT2D eigenvalue weighted by molar-refractivity contribution is 7.17. The first-order chi connectivity index (χ1) is 9.19. The number of methoxy groups -OCH3 is 1. The first kappa shape index (κ1) is 13.5. The number of rotatable bonds is 5. The van der Waals surface area contributed by atoms with E-state index in [1.165, 1.54) is 36.8 Å². The monoisotopic (exact) mass is 280 g/mol. The number of nitrogens with one attached hydrogen (secondary N) is 1. The highest BCUT2D eigenvalue weighted by atomic mass is 32.1. The fourth-order valence-corrected chi connectivity index (χ4v) is 2.32. The van der Waals surface area contributed by atoms with E-state index in [2.05, 4.69) is 15.0 Å². The van der Waals surface area contributed by atoms with Gasteiger partial charge < -0.3 is 10.1 Å². The van der Waals surface area contributed by atoms with Gasteiger partial charge in [0.1, 0.15) is 10.7 Å². The Balaban J connectivity index is 1.86. The van der Waals surface area contributed by atoms with Crippen LogP contribution in [0.2, 0.25) is 0 Å². The highest BCUT2D eigenvalue weighted by Gasteiger charge is 2.09. The molecule has 0 unspecified atom stereocenters. The van der Waals surface area contributed by atoms with Crippen LogP contribution in [0.3, 0.4) is 0 Å². The van der Waals surface area contributed by atoms with Crippen molar-refractivity contribution in [2.24, 2.45) is 0 Å². The van der Waals surface area contributed by atoms with Crippen LogP contribution in [0.1, 0.15) is 15.2 Å². The van der Waals surface area contributed by atoms with Gasteiger partial charge in [0.05, 0.1) is 13.3 Å². The van der Waals surface area contributed by atoms with Crippen LogP contribution < -0.4 is 5.32 Å². The zero-order valence-corrected chi connectivity index (χ0v) is 11.2. The molecule has 0 fully saturated rings. The highest BCUT2D eigenvalue weighted by Crippen LogP contribution is 2.18. The minimum Gasteiger partial charge on any atom is -0.465 e. The van der Waals surface area contributed by atoms with Crippen molar-refractivity contribution < 1.29 is 13.9 Å². The molecule has 0 aliphatic rings. The molecule has 19 heavy (non-hydrogen) atoms. The van der Waals surface area contributed by atoms with Gasteiger partial charge in [0.25, 0.3) is 0 Å². The molecule has 2 aromatic rings. The molecule has 1 aromatic carbocycles. The van der Waals surface area contributed by atoms with Crippen LogP contribution >= 0.6 is 11.3 Å². The first-order valence-electron chi connectivity index (χ1n) is 5.71. The Hall–Kier alpha value is -1.95. The van der Waals surface area contributed by atoms with Gasteiger partial charge in [0, 0.05) is 6.54 Å². The number of aromatic nitrogens is 1. The van der Waals surface area contributed by atoms with Crippen molar-refractivity contribution in [3.8, 4) is 0 Å². The van der Waals surface area contributed by atoms with E-state index >= 15 is 0 Å². The Morgan fingerprint density at radius 2 is 2.37 bits per heavy atom. The topological polar surface area (TPSA) is 51.2 Å². The number of halogens is 1. The standard InChI is InChI=1S/C13H13FN2O2S/c1-18-12(17)11-8-16-13(19-11)15-6-5-9-3-2-4-10(14)7-9/h2-4,7-8H,5-6H2,1H3,(H,15,16). The lowest BCUT2D eigenvalue weighted by Gasteiger charge is -2.02. The Morgan fingerprint density at radius 3 is 3.11 bits per heavy atom. The third-order valence-electron chi connectivity index (χ3n) is 2.47. The Morgan fingerprint density at radius 1 is 1.53 bits per heavy atom. The van der Waals surface area contributed by atoms with Gasteiger partial charge in [-0.15, -0.1) is 0 Å². The van der Waals surface area contributed by atoms with E-state index in [0.717, 1.165) is 5.56 Å².